The summed E-state index contributed by atoms with van der Waals surface area (Å²) in [7, 11) is 0. The highest BCUT2D eigenvalue weighted by atomic mass is 79.9. The number of carbonyl (C=O) groups excluding carboxylic acids is 2. The summed E-state index contributed by atoms with van der Waals surface area (Å²) >= 11 is 8.53. The van der Waals surface area contributed by atoms with E-state index in [2.05, 4.69) is 52.9 Å². The summed E-state index contributed by atoms with van der Waals surface area (Å²) in [5.41, 5.74) is 6.41. The first-order valence-electron chi connectivity index (χ1n) is 10.7. The average Bonchev–Trinajstić information content (AvgIpc) is 2.79. The van der Waals surface area contributed by atoms with Gasteiger partial charge in [0.15, 0.2) is 11.7 Å². The number of thiocarbonyl (C=S) groups is 1. The molecule has 2 aromatic rings. The second kappa shape index (κ2) is 13.3. The Kier molecular flexibility index (Phi) is 10.7. The fraction of sp³-hybridized carbons (Fsp3) is 0.375. The van der Waals surface area contributed by atoms with E-state index in [1.807, 2.05) is 25.1 Å². The molecule has 0 heterocycles. The van der Waals surface area contributed by atoms with Crippen LogP contribution in [0.1, 0.15) is 43.6 Å². The van der Waals surface area contributed by atoms with Crippen LogP contribution in [0, 0.1) is 0 Å². The van der Waals surface area contributed by atoms with Gasteiger partial charge in [0.1, 0.15) is 18.1 Å². The van der Waals surface area contributed by atoms with Crippen molar-refractivity contribution in [3.8, 4) is 11.5 Å². The smallest absolute Gasteiger partial charge is 0.276 e. The van der Waals surface area contributed by atoms with Crippen LogP contribution in [0.15, 0.2) is 46.9 Å². The number of hydrogen-bond acceptors (Lipinski definition) is 6. The third-order valence-electron chi connectivity index (χ3n) is 4.52. The van der Waals surface area contributed by atoms with Crippen LogP contribution < -0.4 is 25.6 Å². The number of hydrogen-bond donors (Lipinski definition) is 3. The Morgan fingerprint density at radius 1 is 1.00 bits per heavy atom. The molecule has 0 aliphatic carbocycles. The number of benzene rings is 2. The fourth-order valence-corrected chi connectivity index (χ4v) is 3.30. The van der Waals surface area contributed by atoms with Gasteiger partial charge in [0, 0.05) is 12.2 Å². The highest BCUT2D eigenvalue weighted by molar-refractivity contribution is 9.10. The Morgan fingerprint density at radius 3 is 2.32 bits per heavy atom. The van der Waals surface area contributed by atoms with Gasteiger partial charge in [0.05, 0.1) is 11.1 Å². The Balaban J connectivity index is 1.74. The van der Waals surface area contributed by atoms with Gasteiger partial charge in [-0.1, -0.05) is 26.8 Å². The molecule has 34 heavy (non-hydrogen) atoms. The van der Waals surface area contributed by atoms with Crippen molar-refractivity contribution < 1.29 is 23.8 Å². The topological polar surface area (TPSA) is 97.9 Å². The van der Waals surface area contributed by atoms with Gasteiger partial charge in [-0.05, 0) is 82.4 Å². The number of ether oxygens (including phenoxy) is 3. The third-order valence-corrected chi connectivity index (χ3v) is 5.34. The number of halogens is 1. The van der Waals surface area contributed by atoms with Gasteiger partial charge in [-0.15, -0.1) is 0 Å². The van der Waals surface area contributed by atoms with Crippen molar-refractivity contribution in [1.82, 2.24) is 16.2 Å². The van der Waals surface area contributed by atoms with Crippen LogP contribution in [0.3, 0.4) is 0 Å². The number of rotatable bonds is 9. The molecule has 3 N–H and O–H groups in total. The normalized spacial score (nSPS) is 10.9. The lowest BCUT2D eigenvalue weighted by Gasteiger charge is -2.20. The van der Waals surface area contributed by atoms with Gasteiger partial charge >= 0.3 is 0 Å². The zero-order valence-electron chi connectivity index (χ0n) is 19.7. The van der Waals surface area contributed by atoms with E-state index in [1.54, 1.807) is 24.3 Å². The van der Waals surface area contributed by atoms with E-state index in [0.29, 0.717) is 36.9 Å². The van der Waals surface area contributed by atoms with E-state index in [9.17, 15) is 9.59 Å². The van der Waals surface area contributed by atoms with Crippen LogP contribution in [0.5, 0.6) is 11.5 Å². The second-order valence-electron chi connectivity index (χ2n) is 8.21. The molecule has 0 spiro atoms. The predicted octanol–water partition coefficient (Wildman–Crippen LogP) is 3.88. The SMILES string of the molecule is CCOCCOc1ccc(C(=O)NC(=S)NNC(=O)COc2ccc(C(C)(C)C)cc2Br)cc1. The maximum atomic E-state index is 12.3. The van der Waals surface area contributed by atoms with Crippen LogP contribution >= 0.6 is 28.1 Å². The van der Waals surface area contributed by atoms with Gasteiger partial charge in [0.25, 0.3) is 11.8 Å². The van der Waals surface area contributed by atoms with E-state index in [0.717, 1.165) is 10.0 Å². The Morgan fingerprint density at radius 2 is 1.71 bits per heavy atom. The zero-order valence-corrected chi connectivity index (χ0v) is 22.1. The minimum absolute atomic E-state index is 0.00195. The van der Waals surface area contributed by atoms with Crippen molar-refractivity contribution >= 4 is 45.1 Å². The van der Waals surface area contributed by atoms with Crippen molar-refractivity contribution in [2.45, 2.75) is 33.1 Å². The number of amides is 2. The lowest BCUT2D eigenvalue weighted by atomic mass is 9.87. The van der Waals surface area contributed by atoms with E-state index in [-0.39, 0.29) is 17.1 Å². The molecular weight excluding hydrogens is 522 g/mol. The largest absolute Gasteiger partial charge is 0.491 e. The quantitative estimate of drug-likeness (QED) is 0.247. The van der Waals surface area contributed by atoms with E-state index < -0.39 is 11.8 Å². The lowest BCUT2D eigenvalue weighted by Crippen LogP contribution is -2.49. The van der Waals surface area contributed by atoms with Gasteiger partial charge in [-0.25, -0.2) is 0 Å². The predicted molar refractivity (Wildman–Crippen MR) is 138 cm³/mol. The summed E-state index contributed by atoms with van der Waals surface area (Å²) in [6.07, 6.45) is 0. The molecule has 184 valence electrons. The molecule has 0 aromatic heterocycles. The van der Waals surface area contributed by atoms with Crippen molar-refractivity contribution in [3.63, 3.8) is 0 Å². The molecular formula is C24H30BrN3O5S. The van der Waals surface area contributed by atoms with E-state index >= 15 is 0 Å². The van der Waals surface area contributed by atoms with Gasteiger partial charge < -0.3 is 14.2 Å². The van der Waals surface area contributed by atoms with Crippen LogP contribution in [0.4, 0.5) is 0 Å². The third kappa shape index (κ3) is 9.28. The monoisotopic (exact) mass is 551 g/mol. The number of carbonyl (C=O) groups is 2. The highest BCUT2D eigenvalue weighted by Crippen LogP contribution is 2.31. The molecule has 2 aromatic carbocycles. The zero-order chi connectivity index (χ0) is 25.1. The van der Waals surface area contributed by atoms with Crippen molar-refractivity contribution in [2.24, 2.45) is 0 Å². The van der Waals surface area contributed by atoms with Crippen molar-refractivity contribution in [3.05, 3.63) is 58.1 Å². The average molecular weight is 552 g/mol. The molecule has 0 bridgehead atoms. The first-order chi connectivity index (χ1) is 16.1. The standard InChI is InChI=1S/C24H30BrN3O5S/c1-5-31-12-13-32-18-9-6-16(7-10-18)22(30)26-23(34)28-27-21(29)15-33-20-11-8-17(14-19(20)25)24(2,3)4/h6-11,14H,5,12-13,15H2,1-4H3,(H,27,29)(H2,26,28,30,34). The van der Waals surface area contributed by atoms with Crippen molar-refractivity contribution in [2.75, 3.05) is 26.4 Å². The summed E-state index contributed by atoms with van der Waals surface area (Å²) in [5.74, 6) is 0.289. The fourth-order valence-electron chi connectivity index (χ4n) is 2.66. The number of nitrogens with one attached hydrogen (secondary N) is 3. The first kappa shape index (κ1) is 27.6. The molecule has 0 saturated heterocycles. The van der Waals surface area contributed by atoms with Crippen LogP contribution in [-0.2, 0) is 14.9 Å². The molecule has 0 aliphatic rings. The second-order valence-corrected chi connectivity index (χ2v) is 9.47. The summed E-state index contributed by atoms with van der Waals surface area (Å²) < 4.78 is 17.0. The Bertz CT molecular complexity index is 993. The molecule has 0 unspecified atom stereocenters. The molecule has 8 nitrogen and oxygen atoms in total. The van der Waals surface area contributed by atoms with Crippen LogP contribution in [-0.4, -0.2) is 43.4 Å². The van der Waals surface area contributed by atoms with E-state index in [4.69, 9.17) is 26.4 Å². The molecule has 2 rings (SSSR count). The Labute approximate surface area is 213 Å². The van der Waals surface area contributed by atoms with E-state index in [1.165, 1.54) is 0 Å². The summed E-state index contributed by atoms with van der Waals surface area (Å²) in [6, 6.07) is 12.3. The summed E-state index contributed by atoms with van der Waals surface area (Å²) in [6.45, 7) is 9.58. The van der Waals surface area contributed by atoms with Crippen LogP contribution in [0.2, 0.25) is 0 Å². The minimum atomic E-state index is -0.461. The Hall–Kier alpha value is -2.69. The molecule has 0 atom stereocenters. The molecule has 0 radical (unpaired) electrons. The lowest BCUT2D eigenvalue weighted by molar-refractivity contribution is -0.123. The van der Waals surface area contributed by atoms with Gasteiger partial charge in [-0.3, -0.25) is 25.8 Å². The maximum absolute atomic E-state index is 12.3. The first-order valence-corrected chi connectivity index (χ1v) is 11.9. The maximum Gasteiger partial charge on any atom is 0.276 e. The molecule has 2 amide bonds. The van der Waals surface area contributed by atoms with Crippen molar-refractivity contribution in [1.29, 1.82) is 0 Å². The molecule has 0 aliphatic heterocycles. The molecule has 0 fully saturated rings. The highest BCUT2D eigenvalue weighted by Gasteiger charge is 2.16. The summed E-state index contributed by atoms with van der Waals surface area (Å²) in [5, 5.41) is 2.44. The number of hydrazine groups is 1. The summed E-state index contributed by atoms with van der Waals surface area (Å²) in [4.78, 5) is 24.4. The molecule has 10 heteroatoms. The van der Waals surface area contributed by atoms with Gasteiger partial charge in [0.2, 0.25) is 0 Å². The van der Waals surface area contributed by atoms with Gasteiger partial charge in [-0.2, -0.15) is 0 Å². The minimum Gasteiger partial charge on any atom is -0.491 e. The molecule has 0 saturated carbocycles. The van der Waals surface area contributed by atoms with Crippen LogP contribution in [0.25, 0.3) is 0 Å².